The molecule has 20 heavy (non-hydrogen) atoms. The number of aldehydes is 1. The van der Waals surface area contributed by atoms with Crippen LogP contribution < -0.4 is 5.73 Å². The van der Waals surface area contributed by atoms with Crippen LogP contribution in [0.3, 0.4) is 0 Å². The summed E-state index contributed by atoms with van der Waals surface area (Å²) in [7, 11) is 1.72. The maximum atomic E-state index is 10.9. The maximum absolute atomic E-state index is 10.9. The molecule has 0 aliphatic heterocycles. The third kappa shape index (κ3) is 1.76. The number of nitrogens with zero attached hydrogens (tertiary/aromatic N) is 4. The fraction of sp³-hybridized carbons (Fsp3) is 0.0769. The highest BCUT2D eigenvalue weighted by Crippen LogP contribution is 2.33. The first-order valence-electron chi connectivity index (χ1n) is 5.84. The van der Waals surface area contributed by atoms with Crippen LogP contribution in [0.1, 0.15) is 10.4 Å². The Morgan fingerprint density at radius 1 is 1.40 bits per heavy atom. The molecule has 3 rings (SSSR count). The van der Waals surface area contributed by atoms with E-state index >= 15 is 0 Å². The van der Waals surface area contributed by atoms with Crippen molar-refractivity contribution in [3.63, 3.8) is 0 Å². The molecule has 7 heteroatoms. The van der Waals surface area contributed by atoms with Gasteiger partial charge in [0.15, 0.2) is 5.65 Å². The largest absolute Gasteiger partial charge is 0.507 e. The highest BCUT2D eigenvalue weighted by atomic mass is 16.3. The summed E-state index contributed by atoms with van der Waals surface area (Å²) in [4.78, 5) is 18.9. The number of fused-ring (bicyclic) bond motifs is 1. The van der Waals surface area contributed by atoms with Gasteiger partial charge in [-0.05, 0) is 18.2 Å². The second-order valence-corrected chi connectivity index (χ2v) is 4.33. The van der Waals surface area contributed by atoms with E-state index in [0.29, 0.717) is 34.1 Å². The van der Waals surface area contributed by atoms with Gasteiger partial charge in [0.05, 0.1) is 5.39 Å². The summed E-state index contributed by atoms with van der Waals surface area (Å²) >= 11 is 0. The molecule has 0 saturated heterocycles. The van der Waals surface area contributed by atoms with Crippen LogP contribution in [0, 0.1) is 0 Å². The number of rotatable bonds is 2. The average molecular weight is 269 g/mol. The van der Waals surface area contributed by atoms with Crippen LogP contribution in [-0.2, 0) is 7.05 Å². The van der Waals surface area contributed by atoms with Crippen molar-refractivity contribution in [1.29, 1.82) is 0 Å². The van der Waals surface area contributed by atoms with Gasteiger partial charge in [0.2, 0.25) is 5.95 Å². The van der Waals surface area contributed by atoms with Gasteiger partial charge < -0.3 is 10.8 Å². The molecule has 0 unspecified atom stereocenters. The van der Waals surface area contributed by atoms with Gasteiger partial charge in [-0.15, -0.1) is 0 Å². The summed E-state index contributed by atoms with van der Waals surface area (Å²) in [6, 6.07) is 4.56. The van der Waals surface area contributed by atoms with Crippen molar-refractivity contribution in [3.05, 3.63) is 30.0 Å². The Balaban J connectivity index is 2.32. The average Bonchev–Trinajstić information content (AvgIpc) is 2.76. The molecular weight excluding hydrogens is 258 g/mol. The number of aromatic hydroxyl groups is 1. The van der Waals surface area contributed by atoms with E-state index in [4.69, 9.17) is 5.73 Å². The Morgan fingerprint density at radius 2 is 2.20 bits per heavy atom. The second kappa shape index (κ2) is 4.30. The Kier molecular flexibility index (Phi) is 2.60. The normalized spacial score (nSPS) is 10.8. The molecule has 0 amide bonds. The number of carbonyl (C=O) groups excluding carboxylic acids is 1. The smallest absolute Gasteiger partial charge is 0.222 e. The molecule has 1 aromatic carbocycles. The zero-order chi connectivity index (χ0) is 14.3. The molecule has 0 saturated carbocycles. The molecule has 2 aromatic heterocycles. The number of aromatic nitrogens is 4. The minimum atomic E-state index is 0.0347. The van der Waals surface area contributed by atoms with E-state index in [1.165, 1.54) is 12.1 Å². The van der Waals surface area contributed by atoms with Crippen molar-refractivity contribution in [2.45, 2.75) is 0 Å². The number of hydrogen-bond acceptors (Lipinski definition) is 6. The topological polar surface area (TPSA) is 107 Å². The number of benzene rings is 1. The molecule has 0 bridgehead atoms. The summed E-state index contributed by atoms with van der Waals surface area (Å²) < 4.78 is 1.55. The Hall–Kier alpha value is -2.96. The van der Waals surface area contributed by atoms with E-state index < -0.39 is 0 Å². The molecule has 0 radical (unpaired) electrons. The lowest BCUT2D eigenvalue weighted by Gasteiger charge is -2.02. The molecule has 3 N–H and O–H groups in total. The first-order chi connectivity index (χ1) is 9.60. The van der Waals surface area contributed by atoms with Gasteiger partial charge in [-0.25, -0.2) is 9.67 Å². The minimum Gasteiger partial charge on any atom is -0.507 e. The highest BCUT2D eigenvalue weighted by molar-refractivity contribution is 5.94. The summed E-state index contributed by atoms with van der Waals surface area (Å²) in [5.74, 6) is 0.185. The van der Waals surface area contributed by atoms with Crippen LogP contribution in [0.5, 0.6) is 5.75 Å². The molecular formula is C13H11N5O2. The van der Waals surface area contributed by atoms with E-state index in [1.54, 1.807) is 24.0 Å². The van der Waals surface area contributed by atoms with Gasteiger partial charge >= 0.3 is 0 Å². The maximum Gasteiger partial charge on any atom is 0.222 e. The summed E-state index contributed by atoms with van der Waals surface area (Å²) in [6.45, 7) is 0. The number of phenolic OH excluding ortho intramolecular Hbond substituents is 1. The van der Waals surface area contributed by atoms with Gasteiger partial charge in [-0.3, -0.25) is 4.79 Å². The van der Waals surface area contributed by atoms with Crippen molar-refractivity contribution in [2.24, 2.45) is 7.05 Å². The lowest BCUT2D eigenvalue weighted by molar-refractivity contribution is 0.112. The second-order valence-electron chi connectivity index (χ2n) is 4.33. The van der Waals surface area contributed by atoms with Crippen molar-refractivity contribution in [2.75, 3.05) is 5.73 Å². The molecule has 0 fully saturated rings. The third-order valence-electron chi connectivity index (χ3n) is 3.01. The minimum absolute atomic E-state index is 0.0347. The van der Waals surface area contributed by atoms with E-state index in [9.17, 15) is 9.90 Å². The van der Waals surface area contributed by atoms with Gasteiger partial charge in [-0.2, -0.15) is 10.1 Å². The monoisotopic (exact) mass is 269 g/mol. The number of nitrogens with two attached hydrogens (primary N) is 1. The molecule has 0 spiro atoms. The highest BCUT2D eigenvalue weighted by Gasteiger charge is 2.16. The summed E-state index contributed by atoms with van der Waals surface area (Å²) in [5, 5.41) is 14.9. The standard InChI is InChI=1S/C13H11N5O2/c1-18-12-9(5-15-13(14)16-12)11(17-18)8-4-7(6-19)2-3-10(8)20/h2-6,20H,1H3,(H2,14,15,16). The van der Waals surface area contributed by atoms with Crippen LogP contribution in [0.15, 0.2) is 24.4 Å². The van der Waals surface area contributed by atoms with Crippen LogP contribution in [0.2, 0.25) is 0 Å². The van der Waals surface area contributed by atoms with E-state index in [1.807, 2.05) is 0 Å². The van der Waals surface area contributed by atoms with Crippen molar-refractivity contribution < 1.29 is 9.90 Å². The predicted octanol–water partition coefficient (Wildman–Crippen LogP) is 1.13. The number of phenols is 1. The number of carbonyl (C=O) groups is 1. The van der Waals surface area contributed by atoms with E-state index in [0.717, 1.165) is 0 Å². The van der Waals surface area contributed by atoms with Crippen molar-refractivity contribution in [3.8, 4) is 17.0 Å². The molecule has 100 valence electrons. The fourth-order valence-corrected chi connectivity index (χ4v) is 2.07. The van der Waals surface area contributed by atoms with Crippen LogP contribution in [-0.4, -0.2) is 31.1 Å². The number of nitrogen functional groups attached to an aromatic ring is 1. The zero-order valence-electron chi connectivity index (χ0n) is 10.6. The van der Waals surface area contributed by atoms with E-state index in [2.05, 4.69) is 15.1 Å². The molecule has 0 aliphatic rings. The predicted molar refractivity (Wildman–Crippen MR) is 73.2 cm³/mol. The Labute approximate surface area is 113 Å². The molecule has 3 aromatic rings. The van der Waals surface area contributed by atoms with Gasteiger partial charge in [0.1, 0.15) is 17.7 Å². The van der Waals surface area contributed by atoms with Crippen molar-refractivity contribution in [1.82, 2.24) is 19.7 Å². The van der Waals surface area contributed by atoms with E-state index in [-0.39, 0.29) is 11.7 Å². The van der Waals surface area contributed by atoms with Gasteiger partial charge in [0.25, 0.3) is 0 Å². The molecule has 0 aliphatic carbocycles. The summed E-state index contributed by atoms with van der Waals surface area (Å²) in [6.07, 6.45) is 2.26. The fourth-order valence-electron chi connectivity index (χ4n) is 2.07. The zero-order valence-corrected chi connectivity index (χ0v) is 10.6. The van der Waals surface area contributed by atoms with Crippen LogP contribution in [0.25, 0.3) is 22.3 Å². The number of hydrogen-bond donors (Lipinski definition) is 2. The first kappa shape index (κ1) is 12.1. The lowest BCUT2D eigenvalue weighted by Crippen LogP contribution is -1.97. The third-order valence-corrected chi connectivity index (χ3v) is 3.01. The first-order valence-corrected chi connectivity index (χ1v) is 5.84. The lowest BCUT2D eigenvalue weighted by atomic mass is 10.1. The van der Waals surface area contributed by atoms with Gasteiger partial charge in [-0.1, -0.05) is 0 Å². The SMILES string of the molecule is Cn1nc(-c2cc(C=O)ccc2O)c2cnc(N)nc21. The van der Waals surface area contributed by atoms with Crippen LogP contribution >= 0.6 is 0 Å². The van der Waals surface area contributed by atoms with Gasteiger partial charge in [0, 0.05) is 24.4 Å². The van der Waals surface area contributed by atoms with Crippen LogP contribution in [0.4, 0.5) is 5.95 Å². The number of aryl methyl sites for hydroxylation is 1. The molecule has 2 heterocycles. The molecule has 0 atom stereocenters. The molecule has 7 nitrogen and oxygen atoms in total. The quantitative estimate of drug-likeness (QED) is 0.675. The Bertz CT molecular complexity index is 825. The summed E-state index contributed by atoms with van der Waals surface area (Å²) in [5.41, 5.74) is 7.52. The Morgan fingerprint density at radius 3 is 2.95 bits per heavy atom. The number of anilines is 1. The van der Waals surface area contributed by atoms with Crippen molar-refractivity contribution >= 4 is 23.3 Å².